The molecule has 0 spiro atoms. The van der Waals surface area contributed by atoms with Gasteiger partial charge in [0.25, 0.3) is 0 Å². The van der Waals surface area contributed by atoms with E-state index in [2.05, 4.69) is 16.8 Å². The fraction of sp³-hybridized carbons (Fsp3) is 0.750. The third-order valence-corrected chi connectivity index (χ3v) is 3.27. The van der Waals surface area contributed by atoms with Crippen molar-refractivity contribution in [2.45, 2.75) is 38.6 Å². The third kappa shape index (κ3) is 2.44. The summed E-state index contributed by atoms with van der Waals surface area (Å²) >= 11 is 0. The highest BCUT2D eigenvalue weighted by Crippen LogP contribution is 2.30. The quantitative estimate of drug-likeness (QED) is 0.844. The number of nitrogens with zero attached hydrogens (tertiary/aromatic N) is 2. The summed E-state index contributed by atoms with van der Waals surface area (Å²) in [6, 6.07) is 0.380. The number of likely N-dealkylation sites (tertiary alicyclic amines) is 1. The highest BCUT2D eigenvalue weighted by molar-refractivity contribution is 5.00. The molecule has 0 aliphatic carbocycles. The lowest BCUT2D eigenvalue weighted by Gasteiger charge is -2.32. The Morgan fingerprint density at radius 1 is 1.56 bits per heavy atom. The molecule has 0 radical (unpaired) electrons. The maximum absolute atomic E-state index is 5.76. The van der Waals surface area contributed by atoms with Gasteiger partial charge in [-0.15, -0.1) is 0 Å². The number of nitrogens with two attached hydrogens (primary N) is 1. The molecule has 0 amide bonds. The minimum absolute atomic E-state index is 0.380. The Labute approximate surface area is 96.8 Å². The molecule has 1 unspecified atom stereocenters. The Hall–Kier alpha value is -0.870. The summed E-state index contributed by atoms with van der Waals surface area (Å²) in [6.07, 6.45) is 6.34. The molecule has 4 nitrogen and oxygen atoms in total. The lowest BCUT2D eigenvalue weighted by molar-refractivity contribution is 0.131. The van der Waals surface area contributed by atoms with Crippen molar-refractivity contribution in [3.8, 4) is 0 Å². The average Bonchev–Trinajstić information content (AvgIpc) is 2.78. The summed E-state index contributed by atoms with van der Waals surface area (Å²) in [4.78, 5) is 6.84. The van der Waals surface area contributed by atoms with Gasteiger partial charge in [0.05, 0.1) is 12.2 Å². The van der Waals surface area contributed by atoms with E-state index in [4.69, 9.17) is 10.2 Å². The Kier molecular flexibility index (Phi) is 3.96. The molecule has 1 aliphatic heterocycles. The highest BCUT2D eigenvalue weighted by Gasteiger charge is 2.26. The molecule has 1 aliphatic rings. The maximum Gasteiger partial charge on any atom is 0.211 e. The van der Waals surface area contributed by atoms with Crippen molar-refractivity contribution in [3.63, 3.8) is 0 Å². The number of rotatable bonds is 4. The second-order valence-corrected chi connectivity index (χ2v) is 4.34. The summed E-state index contributed by atoms with van der Waals surface area (Å²) in [5.41, 5.74) is 5.50. The summed E-state index contributed by atoms with van der Waals surface area (Å²) in [5, 5.41) is 0. The van der Waals surface area contributed by atoms with Crippen molar-refractivity contribution in [1.82, 2.24) is 9.88 Å². The second kappa shape index (κ2) is 5.46. The normalized spacial score (nSPS) is 22.5. The van der Waals surface area contributed by atoms with Gasteiger partial charge in [0.15, 0.2) is 0 Å². The van der Waals surface area contributed by atoms with E-state index < -0.39 is 0 Å². The van der Waals surface area contributed by atoms with Crippen molar-refractivity contribution >= 4 is 0 Å². The number of piperidine rings is 1. The van der Waals surface area contributed by atoms with Crippen LogP contribution < -0.4 is 5.73 Å². The van der Waals surface area contributed by atoms with Crippen molar-refractivity contribution in [2.75, 3.05) is 19.6 Å². The first-order valence-corrected chi connectivity index (χ1v) is 6.24. The molecule has 90 valence electrons. The molecule has 2 heterocycles. The standard InChI is InChI=1S/C12H21N3O/c1-2-15-8-4-3-5-11(15)12-14-9-10(16-12)6-7-13/h9,11H,2-8,13H2,1H3. The lowest BCUT2D eigenvalue weighted by atomic mass is 10.0. The zero-order chi connectivity index (χ0) is 11.4. The van der Waals surface area contributed by atoms with Crippen LogP contribution in [0.2, 0.25) is 0 Å². The van der Waals surface area contributed by atoms with Gasteiger partial charge in [0, 0.05) is 6.42 Å². The zero-order valence-corrected chi connectivity index (χ0v) is 9.98. The van der Waals surface area contributed by atoms with Crippen LogP contribution in [-0.4, -0.2) is 29.5 Å². The SMILES string of the molecule is CCN1CCCCC1c1ncc(CCN)o1. The van der Waals surface area contributed by atoms with E-state index in [0.29, 0.717) is 12.6 Å². The zero-order valence-electron chi connectivity index (χ0n) is 9.98. The molecule has 0 saturated carbocycles. The largest absolute Gasteiger partial charge is 0.444 e. The van der Waals surface area contributed by atoms with Crippen molar-refractivity contribution in [2.24, 2.45) is 5.73 Å². The summed E-state index contributed by atoms with van der Waals surface area (Å²) in [6.45, 7) is 5.05. The Balaban J connectivity index is 2.08. The molecule has 1 saturated heterocycles. The monoisotopic (exact) mass is 223 g/mol. The van der Waals surface area contributed by atoms with Crippen LogP contribution in [-0.2, 0) is 6.42 Å². The van der Waals surface area contributed by atoms with E-state index >= 15 is 0 Å². The molecule has 1 aromatic heterocycles. The molecule has 0 bridgehead atoms. The van der Waals surface area contributed by atoms with Crippen LogP contribution in [0.4, 0.5) is 0 Å². The minimum atomic E-state index is 0.380. The molecule has 1 fully saturated rings. The molecule has 2 rings (SSSR count). The molecular weight excluding hydrogens is 202 g/mol. The van der Waals surface area contributed by atoms with Crippen LogP contribution in [0.3, 0.4) is 0 Å². The fourth-order valence-corrected chi connectivity index (χ4v) is 2.38. The smallest absolute Gasteiger partial charge is 0.211 e. The topological polar surface area (TPSA) is 55.3 Å². The van der Waals surface area contributed by atoms with Crippen LogP contribution in [0.25, 0.3) is 0 Å². The van der Waals surface area contributed by atoms with Crippen LogP contribution in [0.5, 0.6) is 0 Å². The van der Waals surface area contributed by atoms with E-state index in [1.165, 1.54) is 12.8 Å². The van der Waals surface area contributed by atoms with Crippen molar-refractivity contribution in [1.29, 1.82) is 0 Å². The Bertz CT molecular complexity index is 324. The van der Waals surface area contributed by atoms with Crippen LogP contribution in [0.15, 0.2) is 10.6 Å². The molecule has 16 heavy (non-hydrogen) atoms. The number of hydrogen-bond donors (Lipinski definition) is 1. The van der Waals surface area contributed by atoms with E-state index in [1.807, 2.05) is 6.20 Å². The summed E-state index contributed by atoms with van der Waals surface area (Å²) in [7, 11) is 0. The lowest BCUT2D eigenvalue weighted by Crippen LogP contribution is -2.33. The van der Waals surface area contributed by atoms with Crippen LogP contribution in [0.1, 0.15) is 43.9 Å². The summed E-state index contributed by atoms with van der Waals surface area (Å²) in [5.74, 6) is 1.80. The molecule has 2 N–H and O–H groups in total. The van der Waals surface area contributed by atoms with Gasteiger partial charge in [-0.05, 0) is 32.5 Å². The van der Waals surface area contributed by atoms with E-state index in [9.17, 15) is 0 Å². The molecular formula is C12H21N3O. The van der Waals surface area contributed by atoms with Gasteiger partial charge in [-0.1, -0.05) is 13.3 Å². The first-order chi connectivity index (χ1) is 7.85. The van der Waals surface area contributed by atoms with Gasteiger partial charge in [-0.3, -0.25) is 4.90 Å². The second-order valence-electron chi connectivity index (χ2n) is 4.34. The highest BCUT2D eigenvalue weighted by atomic mass is 16.4. The van der Waals surface area contributed by atoms with Gasteiger partial charge in [0.2, 0.25) is 5.89 Å². The molecule has 1 aromatic rings. The summed E-state index contributed by atoms with van der Waals surface area (Å²) < 4.78 is 5.76. The van der Waals surface area contributed by atoms with Crippen LogP contribution in [0, 0.1) is 0 Å². The van der Waals surface area contributed by atoms with Gasteiger partial charge in [-0.2, -0.15) is 0 Å². The first-order valence-electron chi connectivity index (χ1n) is 6.24. The number of aromatic nitrogens is 1. The van der Waals surface area contributed by atoms with Gasteiger partial charge < -0.3 is 10.2 Å². The molecule has 1 atom stereocenters. The number of oxazole rings is 1. The predicted molar refractivity (Wildman–Crippen MR) is 63.1 cm³/mol. The third-order valence-electron chi connectivity index (χ3n) is 3.27. The fourth-order valence-electron chi connectivity index (χ4n) is 2.38. The molecule has 4 heteroatoms. The van der Waals surface area contributed by atoms with Gasteiger partial charge in [-0.25, -0.2) is 4.98 Å². The maximum atomic E-state index is 5.76. The Morgan fingerprint density at radius 2 is 2.44 bits per heavy atom. The number of hydrogen-bond acceptors (Lipinski definition) is 4. The molecule has 0 aromatic carbocycles. The Morgan fingerprint density at radius 3 is 3.19 bits per heavy atom. The van der Waals surface area contributed by atoms with Crippen molar-refractivity contribution in [3.05, 3.63) is 17.8 Å². The van der Waals surface area contributed by atoms with Gasteiger partial charge in [0.1, 0.15) is 5.76 Å². The van der Waals surface area contributed by atoms with E-state index in [-0.39, 0.29) is 0 Å². The van der Waals surface area contributed by atoms with E-state index in [0.717, 1.165) is 37.6 Å². The minimum Gasteiger partial charge on any atom is -0.444 e. The van der Waals surface area contributed by atoms with E-state index in [1.54, 1.807) is 0 Å². The average molecular weight is 223 g/mol. The predicted octanol–water partition coefficient (Wildman–Crippen LogP) is 1.72. The van der Waals surface area contributed by atoms with Crippen molar-refractivity contribution < 1.29 is 4.42 Å². The van der Waals surface area contributed by atoms with Crippen LogP contribution >= 0.6 is 0 Å². The first kappa shape index (κ1) is 11.6. The van der Waals surface area contributed by atoms with Gasteiger partial charge >= 0.3 is 0 Å².